The summed E-state index contributed by atoms with van der Waals surface area (Å²) in [7, 11) is 2.01. The number of likely N-dealkylation sites (N-methyl/N-ethyl adjacent to an activating group) is 1. The van der Waals surface area contributed by atoms with Crippen LogP contribution in [-0.2, 0) is 10.2 Å². The minimum absolute atomic E-state index is 0.0521. The van der Waals surface area contributed by atoms with E-state index in [2.05, 4.69) is 20.2 Å². The number of nitrogens with zero attached hydrogens (tertiary/aromatic N) is 5. The Hall–Kier alpha value is -2.22. The van der Waals surface area contributed by atoms with E-state index < -0.39 is 5.41 Å². The lowest BCUT2D eigenvalue weighted by molar-refractivity contribution is -0.139. The molecule has 0 N–H and O–H groups in total. The average molecular weight is 347 g/mol. The minimum atomic E-state index is -0.709. The molecule has 3 rings (SSSR count). The summed E-state index contributed by atoms with van der Waals surface area (Å²) in [6.45, 7) is 11.3. The first-order valence-electron chi connectivity index (χ1n) is 8.45. The molecule has 3 heterocycles. The number of hydrogen-bond acceptors (Lipinski definition) is 7. The van der Waals surface area contributed by atoms with E-state index in [4.69, 9.17) is 9.05 Å². The predicted octanol–water partition coefficient (Wildman–Crippen LogP) is 1.78. The molecule has 0 radical (unpaired) electrons. The van der Waals surface area contributed by atoms with Crippen molar-refractivity contribution in [1.29, 1.82) is 0 Å². The van der Waals surface area contributed by atoms with Crippen LogP contribution >= 0.6 is 0 Å². The lowest BCUT2D eigenvalue weighted by atomic mass is 9.81. The van der Waals surface area contributed by atoms with Crippen molar-refractivity contribution in [2.45, 2.75) is 46.1 Å². The van der Waals surface area contributed by atoms with Crippen LogP contribution in [0.5, 0.6) is 0 Å². The van der Waals surface area contributed by atoms with Crippen LogP contribution in [0, 0.1) is 20.8 Å². The number of piperazine rings is 1. The average Bonchev–Trinajstić information content (AvgIpc) is 3.13. The van der Waals surface area contributed by atoms with E-state index in [0.717, 1.165) is 17.8 Å². The Balaban J connectivity index is 1.84. The van der Waals surface area contributed by atoms with Gasteiger partial charge < -0.3 is 13.9 Å². The largest absolute Gasteiger partial charge is 0.361 e. The molecule has 136 valence electrons. The van der Waals surface area contributed by atoms with Crippen molar-refractivity contribution in [3.63, 3.8) is 0 Å². The van der Waals surface area contributed by atoms with Gasteiger partial charge in [0.2, 0.25) is 11.8 Å². The van der Waals surface area contributed by atoms with E-state index in [0.29, 0.717) is 30.6 Å². The second-order valence-corrected chi connectivity index (χ2v) is 7.25. The van der Waals surface area contributed by atoms with Crippen LogP contribution in [0.3, 0.4) is 0 Å². The van der Waals surface area contributed by atoms with Gasteiger partial charge in [-0.25, -0.2) is 0 Å². The number of aryl methyl sites for hydroxylation is 3. The number of aromatic nitrogens is 3. The number of hydrogen-bond donors (Lipinski definition) is 0. The third kappa shape index (κ3) is 3.06. The first-order valence-corrected chi connectivity index (χ1v) is 8.45. The number of amides is 1. The van der Waals surface area contributed by atoms with Gasteiger partial charge in [0.1, 0.15) is 11.8 Å². The van der Waals surface area contributed by atoms with Gasteiger partial charge in [-0.3, -0.25) is 9.69 Å². The monoisotopic (exact) mass is 347 g/mol. The fraction of sp³-hybridized carbons (Fsp3) is 0.647. The molecule has 8 heteroatoms. The van der Waals surface area contributed by atoms with E-state index >= 15 is 0 Å². The molecule has 1 saturated heterocycles. The molecule has 0 saturated carbocycles. The fourth-order valence-electron chi connectivity index (χ4n) is 3.65. The summed E-state index contributed by atoms with van der Waals surface area (Å²) in [5, 5.41) is 7.87. The normalized spacial score (nSPS) is 19.4. The Morgan fingerprint density at radius 2 is 1.88 bits per heavy atom. The lowest BCUT2D eigenvalue weighted by Gasteiger charge is -2.40. The van der Waals surface area contributed by atoms with Gasteiger partial charge in [-0.05, 0) is 41.7 Å². The van der Waals surface area contributed by atoms with Crippen molar-refractivity contribution < 1.29 is 13.8 Å². The van der Waals surface area contributed by atoms with Crippen LogP contribution in [0.2, 0.25) is 0 Å². The lowest BCUT2D eigenvalue weighted by Crippen LogP contribution is -2.53. The van der Waals surface area contributed by atoms with Crippen LogP contribution in [0.1, 0.15) is 48.6 Å². The molecule has 8 nitrogen and oxygen atoms in total. The summed E-state index contributed by atoms with van der Waals surface area (Å²) < 4.78 is 10.6. The molecule has 25 heavy (non-hydrogen) atoms. The van der Waals surface area contributed by atoms with Crippen molar-refractivity contribution in [2.24, 2.45) is 0 Å². The molecule has 0 spiro atoms. The highest BCUT2D eigenvalue weighted by Crippen LogP contribution is 2.33. The highest BCUT2D eigenvalue weighted by Gasteiger charge is 2.41. The fourth-order valence-corrected chi connectivity index (χ4v) is 3.65. The van der Waals surface area contributed by atoms with Crippen LogP contribution < -0.4 is 0 Å². The molecule has 0 bridgehead atoms. The van der Waals surface area contributed by atoms with Crippen molar-refractivity contribution in [3.8, 4) is 0 Å². The molecular formula is C17H25N5O3. The molecule has 0 unspecified atom stereocenters. The van der Waals surface area contributed by atoms with Crippen LogP contribution in [0.25, 0.3) is 0 Å². The zero-order chi connectivity index (χ0) is 18.4. The van der Waals surface area contributed by atoms with Gasteiger partial charge in [-0.1, -0.05) is 10.3 Å². The number of rotatable bonds is 3. The summed E-state index contributed by atoms with van der Waals surface area (Å²) in [5.74, 6) is 1.89. The predicted molar refractivity (Wildman–Crippen MR) is 90.0 cm³/mol. The zero-order valence-electron chi connectivity index (χ0n) is 15.7. The van der Waals surface area contributed by atoms with Gasteiger partial charge in [0, 0.05) is 25.2 Å². The maximum atomic E-state index is 13.3. The molecule has 1 fully saturated rings. The molecule has 2 aromatic rings. The summed E-state index contributed by atoms with van der Waals surface area (Å²) in [6.07, 6.45) is 0. The highest BCUT2D eigenvalue weighted by atomic mass is 16.5. The molecule has 1 aliphatic heterocycles. The molecule has 2 aromatic heterocycles. The molecule has 0 aromatic carbocycles. The zero-order valence-corrected chi connectivity index (χ0v) is 15.7. The Kier molecular flexibility index (Phi) is 4.40. The Labute approximate surface area is 147 Å². The first-order chi connectivity index (χ1) is 11.7. The summed E-state index contributed by atoms with van der Waals surface area (Å²) in [6, 6.07) is -0.0978. The van der Waals surface area contributed by atoms with Crippen molar-refractivity contribution in [1.82, 2.24) is 25.1 Å². The van der Waals surface area contributed by atoms with Gasteiger partial charge in [0.25, 0.3) is 0 Å². The van der Waals surface area contributed by atoms with Crippen LogP contribution in [-0.4, -0.2) is 57.7 Å². The molecule has 1 amide bonds. The molecular weight excluding hydrogens is 322 g/mol. The quantitative estimate of drug-likeness (QED) is 0.836. The van der Waals surface area contributed by atoms with Gasteiger partial charge in [0.15, 0.2) is 5.82 Å². The minimum Gasteiger partial charge on any atom is -0.361 e. The topological polar surface area (TPSA) is 88.5 Å². The molecule has 1 atom stereocenters. The summed E-state index contributed by atoms with van der Waals surface area (Å²) in [5.41, 5.74) is 0.912. The van der Waals surface area contributed by atoms with Gasteiger partial charge in [0.05, 0.1) is 11.1 Å². The Bertz CT molecular complexity index is 760. The highest BCUT2D eigenvalue weighted by molar-refractivity contribution is 5.88. The second-order valence-electron chi connectivity index (χ2n) is 7.25. The van der Waals surface area contributed by atoms with Crippen LogP contribution in [0.15, 0.2) is 9.05 Å². The van der Waals surface area contributed by atoms with E-state index in [1.54, 1.807) is 6.92 Å². The number of carbonyl (C=O) groups excluding carboxylic acids is 1. The number of carbonyl (C=O) groups is 1. The maximum absolute atomic E-state index is 13.3. The Morgan fingerprint density at radius 1 is 1.16 bits per heavy atom. The van der Waals surface area contributed by atoms with Crippen LogP contribution in [0.4, 0.5) is 0 Å². The van der Waals surface area contributed by atoms with Crippen molar-refractivity contribution >= 4 is 5.91 Å². The maximum Gasteiger partial charge on any atom is 0.245 e. The standard InChI is InChI=1S/C17H25N5O3/c1-10-14(11(2)24-19-10)17(4,5)16(23)22-8-7-21(6)13(9-22)15-18-12(3)20-25-15/h13H,7-9H2,1-6H3/t13-/m0/s1. The second kappa shape index (κ2) is 6.25. The van der Waals surface area contributed by atoms with Crippen molar-refractivity contribution in [3.05, 3.63) is 28.7 Å². The third-order valence-corrected chi connectivity index (χ3v) is 4.96. The van der Waals surface area contributed by atoms with Crippen molar-refractivity contribution in [2.75, 3.05) is 26.7 Å². The molecule has 0 aliphatic carbocycles. The summed E-state index contributed by atoms with van der Waals surface area (Å²) >= 11 is 0. The van der Waals surface area contributed by atoms with E-state index in [1.165, 1.54) is 0 Å². The van der Waals surface area contributed by atoms with Gasteiger partial charge in [-0.2, -0.15) is 4.98 Å². The van der Waals surface area contributed by atoms with Gasteiger partial charge in [-0.15, -0.1) is 0 Å². The van der Waals surface area contributed by atoms with Gasteiger partial charge >= 0.3 is 0 Å². The Morgan fingerprint density at radius 3 is 2.44 bits per heavy atom. The molecule has 1 aliphatic rings. The third-order valence-electron chi connectivity index (χ3n) is 4.96. The van der Waals surface area contributed by atoms with E-state index in [9.17, 15) is 4.79 Å². The summed E-state index contributed by atoms with van der Waals surface area (Å²) in [4.78, 5) is 21.6. The SMILES string of the molecule is Cc1noc([C@@H]2CN(C(=O)C(C)(C)c3c(C)noc3C)CCN2C)n1. The van der Waals surface area contributed by atoms with E-state index in [1.807, 2.05) is 39.6 Å². The smallest absolute Gasteiger partial charge is 0.245 e. The first kappa shape index (κ1) is 17.6. The van der Waals surface area contributed by atoms with E-state index in [-0.39, 0.29) is 11.9 Å².